The van der Waals surface area contributed by atoms with E-state index in [0.29, 0.717) is 6.04 Å². The van der Waals surface area contributed by atoms with E-state index in [9.17, 15) is 0 Å². The van der Waals surface area contributed by atoms with Crippen molar-refractivity contribution in [1.82, 2.24) is 0 Å². The molecule has 92 valence electrons. The molecule has 1 saturated carbocycles. The Morgan fingerprint density at radius 2 is 1.82 bits per heavy atom. The highest BCUT2D eigenvalue weighted by atomic mass is 127. The number of aromatic nitrogens is 1. The lowest BCUT2D eigenvalue weighted by Gasteiger charge is -2.32. The monoisotopic (exact) mass is 453 g/mol. The van der Waals surface area contributed by atoms with Crippen LogP contribution in [0.25, 0.3) is 0 Å². The molecular weight excluding hydrogens is 436 g/mol. The van der Waals surface area contributed by atoms with Gasteiger partial charge in [-0.05, 0) is 24.7 Å². The first kappa shape index (κ1) is 13.8. The Labute approximate surface area is 134 Å². The number of fused-ring (bicyclic) bond motifs is 1. The van der Waals surface area contributed by atoms with Crippen LogP contribution in [0.15, 0.2) is 42.7 Å². The summed E-state index contributed by atoms with van der Waals surface area (Å²) < 4.78 is 3.19. The average molecular weight is 453 g/mol. The Bertz CT molecular complexity index is 390. The maximum Gasteiger partial charge on any atom is 0.170 e. The predicted molar refractivity (Wildman–Crippen MR) is 73.5 cm³/mol. The van der Waals surface area contributed by atoms with Gasteiger partial charge in [0.1, 0.15) is 0 Å². The summed E-state index contributed by atoms with van der Waals surface area (Å²) in [6.07, 6.45) is 13.3. The molecule has 3 heteroatoms. The van der Waals surface area contributed by atoms with Crippen LogP contribution in [-0.2, 0) is 0 Å². The number of hydrogen-bond acceptors (Lipinski definition) is 0. The topological polar surface area (TPSA) is 3.88 Å². The molecule has 1 aromatic heterocycles. The normalized spacial score (nSPS) is 35.1. The zero-order valence-electron chi connectivity index (χ0n) is 9.68. The molecule has 1 nitrogen and oxygen atoms in total. The minimum atomic E-state index is 0. The average Bonchev–Trinajstić information content (AvgIpc) is 2.76. The predicted octanol–water partition coefficient (Wildman–Crippen LogP) is 0.309. The van der Waals surface area contributed by atoms with Crippen LogP contribution in [-0.4, -0.2) is 3.92 Å². The molecule has 0 N–H and O–H groups in total. The van der Waals surface area contributed by atoms with Gasteiger partial charge in [-0.3, -0.25) is 0 Å². The molecule has 1 heterocycles. The first-order chi connectivity index (χ1) is 7.84. The zero-order valence-corrected chi connectivity index (χ0v) is 14.0. The van der Waals surface area contributed by atoms with Crippen molar-refractivity contribution in [3.8, 4) is 0 Å². The summed E-state index contributed by atoms with van der Waals surface area (Å²) in [5, 5.41) is 0. The van der Waals surface area contributed by atoms with E-state index in [1.807, 2.05) is 0 Å². The quantitative estimate of drug-likeness (QED) is 0.250. The number of hydrogen-bond donors (Lipinski definition) is 0. The molecule has 4 unspecified atom stereocenters. The largest absolute Gasteiger partial charge is 1.00 e. The van der Waals surface area contributed by atoms with Gasteiger partial charge in [0.15, 0.2) is 18.4 Å². The summed E-state index contributed by atoms with van der Waals surface area (Å²) in [5.74, 6) is 1.77. The SMILES string of the molecule is IC1CC2CC=CC2CC1[n+]1ccccc1.[I-]. The van der Waals surface area contributed by atoms with Crippen molar-refractivity contribution in [2.75, 3.05) is 0 Å². The van der Waals surface area contributed by atoms with Gasteiger partial charge in [0, 0.05) is 18.6 Å². The van der Waals surface area contributed by atoms with E-state index >= 15 is 0 Å². The zero-order chi connectivity index (χ0) is 11.0. The minimum Gasteiger partial charge on any atom is -1.00 e. The Morgan fingerprint density at radius 1 is 1.06 bits per heavy atom. The van der Waals surface area contributed by atoms with Crippen LogP contribution >= 0.6 is 22.6 Å². The number of halogens is 2. The molecule has 2 aliphatic carbocycles. The number of alkyl halides is 1. The molecule has 0 bridgehead atoms. The van der Waals surface area contributed by atoms with Gasteiger partial charge >= 0.3 is 0 Å². The number of allylic oxidation sites excluding steroid dienone is 2. The Kier molecular flexibility index (Phi) is 4.86. The van der Waals surface area contributed by atoms with Crippen LogP contribution in [0.3, 0.4) is 0 Å². The second-order valence-electron chi connectivity index (χ2n) is 4.97. The van der Waals surface area contributed by atoms with E-state index in [1.54, 1.807) is 0 Å². The highest BCUT2D eigenvalue weighted by Gasteiger charge is 2.40. The fourth-order valence-electron chi connectivity index (χ4n) is 3.12. The van der Waals surface area contributed by atoms with Crippen LogP contribution in [0.2, 0.25) is 0 Å². The van der Waals surface area contributed by atoms with E-state index in [1.165, 1.54) is 19.3 Å². The molecule has 1 fully saturated rings. The lowest BCUT2D eigenvalue weighted by atomic mass is 9.79. The van der Waals surface area contributed by atoms with Crippen LogP contribution < -0.4 is 28.5 Å². The molecule has 0 saturated heterocycles. The Hall–Kier alpha value is 0.350. The molecule has 0 radical (unpaired) electrons. The van der Waals surface area contributed by atoms with E-state index in [0.717, 1.165) is 15.8 Å². The van der Waals surface area contributed by atoms with Gasteiger partial charge in [-0.2, -0.15) is 0 Å². The van der Waals surface area contributed by atoms with Gasteiger partial charge in [-0.15, -0.1) is 0 Å². The highest BCUT2D eigenvalue weighted by molar-refractivity contribution is 14.1. The summed E-state index contributed by atoms with van der Waals surface area (Å²) in [6, 6.07) is 7.06. The van der Waals surface area contributed by atoms with Gasteiger partial charge < -0.3 is 24.0 Å². The van der Waals surface area contributed by atoms with Crippen molar-refractivity contribution < 1.29 is 28.5 Å². The Morgan fingerprint density at radius 3 is 2.59 bits per heavy atom. The smallest absolute Gasteiger partial charge is 0.170 e. The lowest BCUT2D eigenvalue weighted by molar-refractivity contribution is -0.724. The van der Waals surface area contributed by atoms with Gasteiger partial charge in [0.05, 0.1) is 3.92 Å². The lowest BCUT2D eigenvalue weighted by Crippen LogP contribution is -3.00. The van der Waals surface area contributed by atoms with Crippen molar-refractivity contribution in [3.05, 3.63) is 42.7 Å². The summed E-state index contributed by atoms with van der Waals surface area (Å²) in [4.78, 5) is 0. The molecule has 3 rings (SSSR count). The van der Waals surface area contributed by atoms with E-state index in [2.05, 4.69) is 69.9 Å². The summed E-state index contributed by atoms with van der Waals surface area (Å²) in [5.41, 5.74) is 0. The van der Waals surface area contributed by atoms with E-state index in [4.69, 9.17) is 0 Å². The first-order valence-corrected chi connectivity index (χ1v) is 7.35. The second-order valence-corrected chi connectivity index (χ2v) is 6.57. The fraction of sp³-hybridized carbons (Fsp3) is 0.500. The van der Waals surface area contributed by atoms with Crippen molar-refractivity contribution in [2.45, 2.75) is 29.2 Å². The molecule has 0 spiro atoms. The maximum atomic E-state index is 2.65. The van der Waals surface area contributed by atoms with Gasteiger partial charge in [0.25, 0.3) is 0 Å². The molecule has 1 aromatic rings. The third-order valence-corrected chi connectivity index (χ3v) is 5.35. The summed E-state index contributed by atoms with van der Waals surface area (Å²) >= 11 is 2.65. The summed E-state index contributed by atoms with van der Waals surface area (Å²) in [6.45, 7) is 0. The number of pyridine rings is 1. The summed E-state index contributed by atoms with van der Waals surface area (Å²) in [7, 11) is 0. The number of rotatable bonds is 1. The van der Waals surface area contributed by atoms with Crippen LogP contribution in [0.5, 0.6) is 0 Å². The molecule has 4 atom stereocenters. The first-order valence-electron chi connectivity index (χ1n) is 6.11. The molecule has 17 heavy (non-hydrogen) atoms. The van der Waals surface area contributed by atoms with E-state index in [-0.39, 0.29) is 24.0 Å². The minimum absolute atomic E-state index is 0. The van der Waals surface area contributed by atoms with Crippen molar-refractivity contribution in [2.24, 2.45) is 11.8 Å². The van der Waals surface area contributed by atoms with Gasteiger partial charge in [0.2, 0.25) is 0 Å². The van der Waals surface area contributed by atoms with Crippen molar-refractivity contribution in [1.29, 1.82) is 0 Å². The van der Waals surface area contributed by atoms with Gasteiger partial charge in [-0.25, -0.2) is 4.57 Å². The maximum absolute atomic E-state index is 2.65. The van der Waals surface area contributed by atoms with E-state index < -0.39 is 0 Å². The van der Waals surface area contributed by atoms with Crippen molar-refractivity contribution >= 4 is 22.6 Å². The number of nitrogens with zero attached hydrogens (tertiary/aromatic N) is 1. The molecule has 0 aliphatic heterocycles. The van der Waals surface area contributed by atoms with Crippen LogP contribution in [0.4, 0.5) is 0 Å². The third kappa shape index (κ3) is 2.85. The van der Waals surface area contributed by atoms with Crippen molar-refractivity contribution in [3.63, 3.8) is 0 Å². The fourth-order valence-corrected chi connectivity index (χ4v) is 4.43. The molecule has 0 aromatic carbocycles. The van der Waals surface area contributed by atoms with Gasteiger partial charge in [-0.1, -0.05) is 40.8 Å². The van der Waals surface area contributed by atoms with Crippen LogP contribution in [0, 0.1) is 11.8 Å². The standard InChI is InChI=1S/C14H17IN.HI/c15-13-9-11-5-4-6-12(11)10-14(13)16-7-2-1-3-8-16;/h1-4,6-8,11-14H,5,9-10H2;1H/q+1;/p-1. The third-order valence-electron chi connectivity index (χ3n) is 4.01. The van der Waals surface area contributed by atoms with Crippen LogP contribution in [0.1, 0.15) is 25.3 Å². The molecule has 2 aliphatic rings. The second kappa shape index (κ2) is 5.99. The highest BCUT2D eigenvalue weighted by Crippen LogP contribution is 2.43. The molecular formula is C14H17I2N. The molecule has 0 amide bonds. The Balaban J connectivity index is 0.00000108.